The normalized spacial score (nSPS) is 26.6. The lowest BCUT2D eigenvalue weighted by Crippen LogP contribution is -2.34. The van der Waals surface area contributed by atoms with Crippen LogP contribution in [0, 0.1) is 30.5 Å². The highest BCUT2D eigenvalue weighted by atomic mass is 19.1. The molecule has 4 heteroatoms. The largest absolute Gasteiger partial charge is 0.491 e. The monoisotopic (exact) mass is 432 g/mol. The summed E-state index contributed by atoms with van der Waals surface area (Å²) in [5.74, 6) is 1.68. The Morgan fingerprint density at radius 3 is 2.45 bits per heavy atom. The van der Waals surface area contributed by atoms with Crippen molar-refractivity contribution in [3.63, 3.8) is 0 Å². The van der Waals surface area contributed by atoms with E-state index in [-0.39, 0.29) is 17.5 Å². The van der Waals surface area contributed by atoms with Crippen LogP contribution in [0.15, 0.2) is 12.1 Å². The molecule has 1 aromatic rings. The maximum Gasteiger partial charge on any atom is 0.168 e. The van der Waals surface area contributed by atoms with Gasteiger partial charge in [0.25, 0.3) is 0 Å². The van der Waals surface area contributed by atoms with Crippen molar-refractivity contribution in [2.24, 2.45) is 17.8 Å². The number of rotatable bonds is 10. The first-order valence-corrected chi connectivity index (χ1v) is 12.6. The van der Waals surface area contributed by atoms with Gasteiger partial charge in [-0.1, -0.05) is 45.4 Å². The molecule has 0 aromatic heterocycles. The number of carbonyl (C=O) groups excluding carboxylic acids is 1. The summed E-state index contributed by atoms with van der Waals surface area (Å²) in [5, 5.41) is 0. The van der Waals surface area contributed by atoms with Gasteiger partial charge in [0.05, 0.1) is 19.3 Å². The van der Waals surface area contributed by atoms with Gasteiger partial charge in [-0.25, -0.2) is 4.39 Å². The Balaban J connectivity index is 1.43. The molecule has 1 heterocycles. The third-order valence-electron chi connectivity index (χ3n) is 7.46. The number of benzene rings is 1. The third-order valence-corrected chi connectivity index (χ3v) is 7.46. The Bertz CT molecular complexity index is 701. The van der Waals surface area contributed by atoms with Gasteiger partial charge in [0.15, 0.2) is 17.3 Å². The van der Waals surface area contributed by atoms with Crippen LogP contribution in [0.5, 0.6) is 5.75 Å². The summed E-state index contributed by atoms with van der Waals surface area (Å²) in [6, 6.07) is 3.28. The second-order valence-electron chi connectivity index (χ2n) is 9.70. The van der Waals surface area contributed by atoms with E-state index in [0.29, 0.717) is 42.8 Å². The van der Waals surface area contributed by atoms with Gasteiger partial charge in [-0.15, -0.1) is 0 Å². The second kappa shape index (κ2) is 12.0. The fraction of sp³-hybridized carbons (Fsp3) is 0.741. The van der Waals surface area contributed by atoms with Gasteiger partial charge in [0, 0.05) is 12.0 Å². The smallest absolute Gasteiger partial charge is 0.168 e. The molecular formula is C27H41FO3. The van der Waals surface area contributed by atoms with Crippen LogP contribution >= 0.6 is 0 Å². The quantitative estimate of drug-likeness (QED) is 0.288. The van der Waals surface area contributed by atoms with Crippen molar-refractivity contribution in [1.82, 2.24) is 0 Å². The van der Waals surface area contributed by atoms with E-state index in [1.165, 1.54) is 51.4 Å². The lowest BCUT2D eigenvalue weighted by atomic mass is 9.75. The number of halogens is 1. The van der Waals surface area contributed by atoms with E-state index < -0.39 is 5.82 Å². The predicted octanol–water partition coefficient (Wildman–Crippen LogP) is 7.29. The van der Waals surface area contributed by atoms with E-state index in [4.69, 9.17) is 9.47 Å². The van der Waals surface area contributed by atoms with Crippen LogP contribution < -0.4 is 4.74 Å². The SMILES string of the molecule is CCCCCC1CCC(C2CCC(CC(=O)c3ccc(OCC)c(F)c3C)CO2)CC1. The maximum atomic E-state index is 14.5. The molecule has 2 aliphatic rings. The van der Waals surface area contributed by atoms with E-state index in [1.807, 2.05) is 6.92 Å². The molecule has 2 atom stereocenters. The number of hydrogen-bond acceptors (Lipinski definition) is 3. The van der Waals surface area contributed by atoms with Crippen LogP contribution in [-0.2, 0) is 4.74 Å². The molecule has 1 saturated heterocycles. The first-order chi connectivity index (χ1) is 15.0. The molecule has 31 heavy (non-hydrogen) atoms. The second-order valence-corrected chi connectivity index (χ2v) is 9.70. The zero-order chi connectivity index (χ0) is 22.2. The minimum atomic E-state index is -0.419. The molecule has 0 bridgehead atoms. The molecule has 2 fully saturated rings. The Morgan fingerprint density at radius 2 is 1.81 bits per heavy atom. The predicted molar refractivity (Wildman–Crippen MR) is 123 cm³/mol. The number of carbonyl (C=O) groups is 1. The van der Waals surface area contributed by atoms with Gasteiger partial charge < -0.3 is 9.47 Å². The number of hydrogen-bond donors (Lipinski definition) is 0. The highest BCUT2D eigenvalue weighted by molar-refractivity contribution is 5.97. The van der Waals surface area contributed by atoms with Crippen molar-refractivity contribution < 1.29 is 18.7 Å². The van der Waals surface area contributed by atoms with E-state index >= 15 is 0 Å². The average molecular weight is 433 g/mol. The van der Waals surface area contributed by atoms with Crippen LogP contribution in [0.3, 0.4) is 0 Å². The Morgan fingerprint density at radius 1 is 1.06 bits per heavy atom. The van der Waals surface area contributed by atoms with Gasteiger partial charge in [-0.05, 0) is 75.0 Å². The van der Waals surface area contributed by atoms with Crippen molar-refractivity contribution in [3.8, 4) is 5.75 Å². The molecule has 174 valence electrons. The minimum Gasteiger partial charge on any atom is -0.491 e. The first-order valence-electron chi connectivity index (χ1n) is 12.6. The fourth-order valence-electron chi connectivity index (χ4n) is 5.49. The Labute approximate surface area is 188 Å². The molecule has 3 rings (SSSR count). The first kappa shape index (κ1) is 24.2. The van der Waals surface area contributed by atoms with Crippen LogP contribution in [0.4, 0.5) is 4.39 Å². The van der Waals surface area contributed by atoms with E-state index in [1.54, 1.807) is 19.1 Å². The highest BCUT2D eigenvalue weighted by Crippen LogP contribution is 2.38. The molecule has 0 N–H and O–H groups in total. The molecule has 3 nitrogen and oxygen atoms in total. The van der Waals surface area contributed by atoms with Gasteiger partial charge in [0.1, 0.15) is 0 Å². The summed E-state index contributed by atoms with van der Waals surface area (Å²) in [7, 11) is 0. The summed E-state index contributed by atoms with van der Waals surface area (Å²) in [6.07, 6.45) is 13.7. The summed E-state index contributed by atoms with van der Waals surface area (Å²) >= 11 is 0. The van der Waals surface area contributed by atoms with Gasteiger partial charge in [-0.2, -0.15) is 0 Å². The summed E-state index contributed by atoms with van der Waals surface area (Å²) in [4.78, 5) is 12.8. The van der Waals surface area contributed by atoms with Crippen molar-refractivity contribution in [1.29, 1.82) is 0 Å². The Hall–Kier alpha value is -1.42. The fourth-order valence-corrected chi connectivity index (χ4v) is 5.49. The van der Waals surface area contributed by atoms with Gasteiger partial charge in [-0.3, -0.25) is 4.79 Å². The molecule has 0 radical (unpaired) electrons. The summed E-state index contributed by atoms with van der Waals surface area (Å²) in [5.41, 5.74) is 0.866. The van der Waals surface area contributed by atoms with Crippen LogP contribution in [0.2, 0.25) is 0 Å². The summed E-state index contributed by atoms with van der Waals surface area (Å²) < 4.78 is 26.0. The van der Waals surface area contributed by atoms with E-state index in [2.05, 4.69) is 6.92 Å². The molecule has 1 aliphatic carbocycles. The molecule has 1 aromatic carbocycles. The highest BCUT2D eigenvalue weighted by Gasteiger charge is 2.32. The van der Waals surface area contributed by atoms with Crippen molar-refractivity contribution in [3.05, 3.63) is 29.1 Å². The number of unbranched alkanes of at least 4 members (excludes halogenated alkanes) is 2. The van der Waals surface area contributed by atoms with Crippen LogP contribution in [0.1, 0.15) is 100 Å². The van der Waals surface area contributed by atoms with Crippen molar-refractivity contribution >= 4 is 5.78 Å². The van der Waals surface area contributed by atoms with Crippen molar-refractivity contribution in [2.45, 2.75) is 97.5 Å². The van der Waals surface area contributed by atoms with Crippen LogP contribution in [-0.4, -0.2) is 25.1 Å². The lowest BCUT2D eigenvalue weighted by Gasteiger charge is -2.37. The molecule has 0 spiro atoms. The standard InChI is InChI=1S/C27H41FO3/c1-4-6-7-8-20-9-12-22(13-10-20)25-15-11-21(18-31-25)17-24(29)23-14-16-26(30-5-2)27(28)19(23)3/h14,16,20-22,25H,4-13,15,17-18H2,1-3H3. The Kier molecular flexibility index (Phi) is 9.37. The average Bonchev–Trinajstić information content (AvgIpc) is 2.78. The molecule has 1 saturated carbocycles. The van der Waals surface area contributed by atoms with E-state index in [0.717, 1.165) is 18.8 Å². The summed E-state index contributed by atoms with van der Waals surface area (Å²) in [6.45, 7) is 6.83. The number of Topliss-reactive ketones (excluding diaryl/α,β-unsaturated/α-hetero) is 1. The number of ketones is 1. The molecule has 1 aliphatic heterocycles. The van der Waals surface area contributed by atoms with Gasteiger partial charge >= 0.3 is 0 Å². The minimum absolute atomic E-state index is 0.0130. The molecule has 2 unspecified atom stereocenters. The molecule has 0 amide bonds. The maximum absolute atomic E-state index is 14.5. The van der Waals surface area contributed by atoms with Crippen LogP contribution in [0.25, 0.3) is 0 Å². The zero-order valence-electron chi connectivity index (χ0n) is 19.8. The van der Waals surface area contributed by atoms with E-state index in [9.17, 15) is 9.18 Å². The molecular weight excluding hydrogens is 391 g/mol. The number of ether oxygens (including phenoxy) is 2. The zero-order valence-corrected chi connectivity index (χ0v) is 19.8. The topological polar surface area (TPSA) is 35.5 Å². The van der Waals surface area contributed by atoms with Gasteiger partial charge in [0.2, 0.25) is 0 Å². The van der Waals surface area contributed by atoms with Crippen molar-refractivity contribution in [2.75, 3.05) is 13.2 Å². The third kappa shape index (κ3) is 6.54. The lowest BCUT2D eigenvalue weighted by molar-refractivity contribution is -0.0581.